The van der Waals surface area contributed by atoms with Gasteiger partial charge in [-0.05, 0) is 14.1 Å². The van der Waals surface area contributed by atoms with Gasteiger partial charge in [-0.2, -0.15) is 0 Å². The van der Waals surface area contributed by atoms with Gasteiger partial charge in [-0.1, -0.05) is 0 Å². The number of hydrogen-bond donors (Lipinski definition) is 24. The summed E-state index contributed by atoms with van der Waals surface area (Å²) in [5.74, 6) is 0. The second-order valence-corrected chi connectivity index (χ2v) is 24.3. The van der Waals surface area contributed by atoms with Crippen LogP contribution >= 0.6 is 0 Å². The molecule has 0 radical (unpaired) electrons. The summed E-state index contributed by atoms with van der Waals surface area (Å²) in [5.41, 5.74) is 0. The molecule has 24 N–H and O–H groups in total. The Kier molecular flexibility index (Phi) is 26.6. The van der Waals surface area contributed by atoms with Crippen LogP contribution in [0, 0.1) is 0 Å². The molecule has 30 fully saturated rings. The predicted molar refractivity (Wildman–Crippen MR) is 285 cm³/mol. The van der Waals surface area contributed by atoms with E-state index in [2.05, 4.69) is 5.32 Å². The third-order valence-electron chi connectivity index (χ3n) is 17.8. The second kappa shape index (κ2) is 32.8. The van der Waals surface area contributed by atoms with Crippen LogP contribution in [0.1, 0.15) is 0 Å². The minimum atomic E-state index is -2.24. The van der Waals surface area contributed by atoms with Crippen LogP contribution in [0.15, 0.2) is 0 Å². The van der Waals surface area contributed by atoms with Crippen LogP contribution in [-0.2, 0) is 75.8 Å². The van der Waals surface area contributed by atoms with Crippen molar-refractivity contribution in [3.05, 3.63) is 0 Å². The molecule has 0 saturated carbocycles. The molecule has 0 spiro atoms. The largest absolute Gasteiger partial charge is 0.394 e. The van der Waals surface area contributed by atoms with E-state index in [1.165, 1.54) is 0 Å². The third-order valence-corrected chi connectivity index (χ3v) is 17.8. The zero-order valence-electron chi connectivity index (χ0n) is 49.9. The van der Waals surface area contributed by atoms with Crippen molar-refractivity contribution in [2.24, 2.45) is 0 Å². The first kappa shape index (κ1) is 75.6. The summed E-state index contributed by atoms with van der Waals surface area (Å²) in [6.45, 7) is -7.01. The Morgan fingerprint density at radius 1 is 0.226 bits per heavy atom. The third kappa shape index (κ3) is 15.8. The topological polar surface area (TPSA) is 628 Å². The van der Waals surface area contributed by atoms with Gasteiger partial charge in [0.25, 0.3) is 0 Å². The molecule has 542 valence electrons. The lowest BCUT2D eigenvalue weighted by Crippen LogP contribution is -2.69. The van der Waals surface area contributed by atoms with Crippen LogP contribution in [0.2, 0.25) is 0 Å². The number of ether oxygens (including phenoxy) is 16. The average molecular weight is 1370 g/mol. The number of rotatable bonds is 12. The van der Waals surface area contributed by atoms with Gasteiger partial charge >= 0.3 is 0 Å². The molecule has 41 nitrogen and oxygen atoms in total. The molecule has 30 heterocycles. The molecule has 30 saturated heterocycles. The number of nitrogens with one attached hydrogen (secondary N) is 1. The smallest absolute Gasteiger partial charge is 0.187 e. The van der Waals surface area contributed by atoms with Crippen molar-refractivity contribution in [3.63, 3.8) is 0 Å². The van der Waals surface area contributed by atoms with Gasteiger partial charge < -0.3 is 203 Å². The van der Waals surface area contributed by atoms with E-state index >= 15 is 0 Å². The quantitative estimate of drug-likeness (QED) is 0.0807. The van der Waals surface area contributed by atoms with Crippen molar-refractivity contribution in [3.8, 4) is 0 Å². The summed E-state index contributed by atoms with van der Waals surface area (Å²) in [5, 5.41) is 260. The Balaban J connectivity index is 0.990. The van der Waals surface area contributed by atoms with E-state index in [0.29, 0.717) is 6.54 Å². The Hall–Kier alpha value is -1.64. The minimum Gasteiger partial charge on any atom is -0.394 e. The maximum Gasteiger partial charge on any atom is 0.187 e. The van der Waals surface area contributed by atoms with E-state index in [-0.39, 0.29) is 13.1 Å². The fourth-order valence-corrected chi connectivity index (χ4v) is 12.5. The van der Waals surface area contributed by atoms with Crippen molar-refractivity contribution in [2.45, 2.75) is 246 Å². The maximum atomic E-state index is 11.8. The summed E-state index contributed by atoms with van der Waals surface area (Å²) in [7, 11) is 3.53. The van der Waals surface area contributed by atoms with Crippen LogP contribution in [0.3, 0.4) is 0 Å². The monoisotopic (exact) mass is 1370 g/mol. The van der Waals surface area contributed by atoms with E-state index < -0.39 is 292 Å². The summed E-state index contributed by atoms with van der Waals surface area (Å²) in [6.07, 6.45) is -80.6. The molecule has 0 unspecified atom stereocenters. The van der Waals surface area contributed by atoms with Crippen LogP contribution in [0.4, 0.5) is 0 Å². The normalized spacial score (nSPS) is 53.1. The van der Waals surface area contributed by atoms with Gasteiger partial charge in [0, 0.05) is 19.6 Å². The molecule has 30 aliphatic rings. The fraction of sp³-hybridized carbons (Fsp3) is 1.00. The Labute approximate surface area is 528 Å². The standard InChI is InChI=1S/C52H90N2O39/c1-54(2)4-3-53-5-13-37-21(62)29(70)45(78-13)87-38-14(6-55)80-47(31(72)23(38)64)89-40-16(8-57)82-49(33(74)25(40)66)91-42-18(10-59)84-51(35(76)27(42)68)93-44-20(12-61)85-52(36(77)28(44)69)92-43-19(11-60)83-50(34(75)26(43)67)90-41-17(9-58)81-48(32(73)24(41)65)88-39-15(7-56)79-46(86-37)30(71)22(39)63/h13-53,55-77H,3-12H2,1-2H3/t13-,14-,15-,16-,17-,18-,19-,20-,21-,22-,23-,24-,25-,26-,27-,28-,29-,30-,31-,32-,33-,34-,35-,36-,37-,38-,39-,40-,41-,42-,43-,44-,45-,46-,47-,48-,49-,50-,51-,52-/m1/s1. The fourth-order valence-electron chi connectivity index (χ4n) is 12.5. The maximum absolute atomic E-state index is 11.8. The van der Waals surface area contributed by atoms with Gasteiger partial charge in [0.2, 0.25) is 0 Å². The molecule has 41 heteroatoms. The lowest BCUT2D eigenvalue weighted by Gasteiger charge is -2.50. The SMILES string of the molecule is CN(C)CCNC[C@H]1O[C@@H]2O[C@H]3[C@H](O)[C@@H](O)[C@@H](O[C@H]4[C@H](O)[C@@H](O)[C@@H](O[C@H]5[C@H](O)[C@@H](O)[C@@H](O[C@H]6[C@H](O)[C@@H](O)[C@@H](O[C@H]7[C@H](O)[C@@H](O)[C@@H](O[C@H]8[C@H](O)[C@@H](O)[C@@H](O[C@H]9[C@H](O)[C@@H](O)[C@@H](O[C@H]1[C@H](O)[C@H]2O)O[C@@H]9CO)O[C@@H]8CO)O[C@@H]7CO)O[C@@H]6CO)O[C@@H]5CO)O[C@@H]4CO)O[C@@H]3CO. The summed E-state index contributed by atoms with van der Waals surface area (Å²) >= 11 is 0. The molecule has 0 aliphatic carbocycles. The zero-order valence-corrected chi connectivity index (χ0v) is 49.9. The van der Waals surface area contributed by atoms with Crippen molar-refractivity contribution in [1.29, 1.82) is 0 Å². The van der Waals surface area contributed by atoms with Gasteiger partial charge in [0.05, 0.1) is 46.2 Å². The number of likely N-dealkylation sites (N-methyl/N-ethyl adjacent to an activating group) is 1. The van der Waals surface area contributed by atoms with Gasteiger partial charge in [-0.3, -0.25) is 0 Å². The van der Waals surface area contributed by atoms with Gasteiger partial charge in [0.1, 0.15) is 195 Å². The highest BCUT2D eigenvalue weighted by Crippen LogP contribution is 2.40. The van der Waals surface area contributed by atoms with Gasteiger partial charge in [-0.15, -0.1) is 0 Å². The highest BCUT2D eigenvalue weighted by atomic mass is 16.8. The lowest BCUT2D eigenvalue weighted by molar-refractivity contribution is -0.403. The first-order valence-corrected chi connectivity index (χ1v) is 30.2. The van der Waals surface area contributed by atoms with E-state index in [9.17, 15) is 117 Å². The highest BCUT2D eigenvalue weighted by Gasteiger charge is 2.60. The predicted octanol–water partition coefficient (Wildman–Crippen LogP) is -17.2. The van der Waals surface area contributed by atoms with Crippen LogP contribution < -0.4 is 5.32 Å². The first-order chi connectivity index (χ1) is 44.2. The molecule has 16 bridgehead atoms. The van der Waals surface area contributed by atoms with Crippen molar-refractivity contribution < 1.29 is 193 Å². The van der Waals surface area contributed by atoms with E-state index in [1.54, 1.807) is 19.0 Å². The minimum absolute atomic E-state index is 0.253. The number of nitrogens with zero attached hydrogens (tertiary/aromatic N) is 1. The molecular formula is C52H90N2O39. The van der Waals surface area contributed by atoms with Crippen LogP contribution in [0.5, 0.6) is 0 Å². The highest BCUT2D eigenvalue weighted by molar-refractivity contribution is 5.03. The Morgan fingerprint density at radius 3 is 0.527 bits per heavy atom. The van der Waals surface area contributed by atoms with Gasteiger partial charge in [-0.25, -0.2) is 0 Å². The van der Waals surface area contributed by atoms with Crippen LogP contribution in [-0.4, -0.2) is 448 Å². The average Bonchev–Trinajstić information content (AvgIpc) is 0.800. The Bertz CT molecular complexity index is 2250. The van der Waals surface area contributed by atoms with Crippen molar-refractivity contribution in [1.82, 2.24) is 10.2 Å². The van der Waals surface area contributed by atoms with E-state index in [1.807, 2.05) is 0 Å². The number of aliphatic hydroxyl groups is 23. The summed E-state index contributed by atoms with van der Waals surface area (Å²) in [6, 6.07) is 0. The number of aliphatic hydroxyl groups excluding tert-OH is 23. The zero-order chi connectivity index (χ0) is 67.8. The lowest BCUT2D eigenvalue weighted by atomic mass is 9.94. The summed E-state index contributed by atoms with van der Waals surface area (Å²) in [4.78, 5) is 1.80. The van der Waals surface area contributed by atoms with E-state index in [4.69, 9.17) is 75.8 Å². The van der Waals surface area contributed by atoms with Gasteiger partial charge in [0.15, 0.2) is 50.3 Å². The molecular weight excluding hydrogens is 1280 g/mol. The van der Waals surface area contributed by atoms with E-state index in [0.717, 1.165) is 0 Å². The van der Waals surface area contributed by atoms with Crippen molar-refractivity contribution in [2.75, 3.05) is 80.0 Å². The molecule has 30 aliphatic heterocycles. The molecule has 40 atom stereocenters. The second-order valence-electron chi connectivity index (χ2n) is 24.3. The summed E-state index contributed by atoms with van der Waals surface area (Å²) < 4.78 is 92.8. The molecule has 0 aromatic carbocycles. The molecule has 30 rings (SSSR count). The van der Waals surface area contributed by atoms with Crippen LogP contribution in [0.25, 0.3) is 0 Å². The molecule has 93 heavy (non-hydrogen) atoms. The molecule has 0 aromatic rings. The first-order valence-electron chi connectivity index (χ1n) is 30.2. The van der Waals surface area contributed by atoms with Crippen molar-refractivity contribution >= 4 is 0 Å². The Morgan fingerprint density at radius 2 is 0.376 bits per heavy atom. The molecule has 0 amide bonds. The number of hydrogen-bond acceptors (Lipinski definition) is 41. The molecule has 0 aromatic heterocycles.